The van der Waals surface area contributed by atoms with Crippen LogP contribution in [-0.2, 0) is 6.54 Å². The number of rotatable bonds is 5. The van der Waals surface area contributed by atoms with Crippen LogP contribution in [-0.4, -0.2) is 44.6 Å². The van der Waals surface area contributed by atoms with Gasteiger partial charge in [0.2, 0.25) is 0 Å². The summed E-state index contributed by atoms with van der Waals surface area (Å²) in [5, 5.41) is 6.57. The molecule has 1 aromatic carbocycles. The number of hydrogen-bond donors (Lipinski definition) is 2. The second kappa shape index (κ2) is 10.8. The van der Waals surface area contributed by atoms with Crippen LogP contribution in [0.1, 0.15) is 24.8 Å². The molecule has 0 amide bonds. The summed E-state index contributed by atoms with van der Waals surface area (Å²) < 4.78 is 13.1. The third kappa shape index (κ3) is 7.48. The molecular weight excluding hydrogens is 406 g/mol. The smallest absolute Gasteiger partial charge is 0.191 e. The van der Waals surface area contributed by atoms with Crippen molar-refractivity contribution in [3.8, 4) is 0 Å². The lowest BCUT2D eigenvalue weighted by molar-refractivity contribution is 0.213. The zero-order valence-corrected chi connectivity index (χ0v) is 16.3. The van der Waals surface area contributed by atoms with E-state index in [9.17, 15) is 4.39 Å². The maximum Gasteiger partial charge on any atom is 0.191 e. The summed E-state index contributed by atoms with van der Waals surface area (Å²) in [5.74, 6) is 1.38. The summed E-state index contributed by atoms with van der Waals surface area (Å²) in [4.78, 5) is 6.60. The first-order valence-corrected chi connectivity index (χ1v) is 8.05. The van der Waals surface area contributed by atoms with E-state index in [0.717, 1.165) is 24.0 Å². The minimum atomic E-state index is -0.204. The Morgan fingerprint density at radius 2 is 2.04 bits per heavy atom. The van der Waals surface area contributed by atoms with Gasteiger partial charge in [-0.1, -0.05) is 12.1 Å². The molecule has 0 unspecified atom stereocenters. The molecule has 1 aliphatic heterocycles. The summed E-state index contributed by atoms with van der Waals surface area (Å²) in [6.45, 7) is 3.91. The lowest BCUT2D eigenvalue weighted by Crippen LogP contribution is -2.38. The van der Waals surface area contributed by atoms with Crippen LogP contribution >= 0.6 is 24.0 Å². The normalized spacial score (nSPS) is 16.7. The van der Waals surface area contributed by atoms with E-state index in [1.54, 1.807) is 19.2 Å². The predicted molar refractivity (Wildman–Crippen MR) is 105 cm³/mol. The van der Waals surface area contributed by atoms with E-state index in [-0.39, 0.29) is 29.8 Å². The van der Waals surface area contributed by atoms with Gasteiger partial charge in [0.15, 0.2) is 5.96 Å². The van der Waals surface area contributed by atoms with Crippen LogP contribution in [0.15, 0.2) is 29.3 Å². The van der Waals surface area contributed by atoms with Crippen LogP contribution in [0.5, 0.6) is 0 Å². The highest BCUT2D eigenvalue weighted by atomic mass is 127. The van der Waals surface area contributed by atoms with Crippen molar-refractivity contribution in [2.75, 3.05) is 33.7 Å². The number of benzene rings is 1. The molecule has 0 saturated carbocycles. The van der Waals surface area contributed by atoms with Crippen molar-refractivity contribution in [2.24, 2.45) is 10.9 Å². The largest absolute Gasteiger partial charge is 0.356 e. The molecule has 2 N–H and O–H groups in total. The fourth-order valence-electron chi connectivity index (χ4n) is 2.80. The van der Waals surface area contributed by atoms with Crippen LogP contribution in [0, 0.1) is 11.7 Å². The quantitative estimate of drug-likeness (QED) is 0.426. The van der Waals surface area contributed by atoms with Gasteiger partial charge in [-0.25, -0.2) is 4.39 Å². The van der Waals surface area contributed by atoms with Crippen LogP contribution in [0.3, 0.4) is 0 Å². The number of guanidine groups is 1. The molecular formula is C17H28FIN4. The van der Waals surface area contributed by atoms with Crippen LogP contribution < -0.4 is 10.6 Å². The molecule has 1 saturated heterocycles. The van der Waals surface area contributed by atoms with Crippen molar-refractivity contribution < 1.29 is 4.39 Å². The first-order valence-electron chi connectivity index (χ1n) is 8.05. The van der Waals surface area contributed by atoms with Crippen molar-refractivity contribution in [3.05, 3.63) is 35.6 Å². The Kier molecular flexibility index (Phi) is 9.47. The summed E-state index contributed by atoms with van der Waals surface area (Å²) in [7, 11) is 3.95. The number of hydrogen-bond acceptors (Lipinski definition) is 2. The van der Waals surface area contributed by atoms with E-state index in [1.807, 2.05) is 6.07 Å². The Bertz CT molecular complexity index is 487. The second-order valence-corrected chi connectivity index (χ2v) is 6.02. The molecule has 1 heterocycles. The van der Waals surface area contributed by atoms with Gasteiger partial charge in [-0.15, -0.1) is 24.0 Å². The molecule has 0 aliphatic carbocycles. The Morgan fingerprint density at radius 3 is 2.70 bits per heavy atom. The van der Waals surface area contributed by atoms with Gasteiger partial charge in [-0.3, -0.25) is 4.99 Å². The number of likely N-dealkylation sites (tertiary alicyclic amines) is 1. The van der Waals surface area contributed by atoms with Crippen molar-refractivity contribution >= 4 is 29.9 Å². The van der Waals surface area contributed by atoms with Crippen molar-refractivity contribution in [3.63, 3.8) is 0 Å². The fourth-order valence-corrected chi connectivity index (χ4v) is 2.80. The molecule has 0 bridgehead atoms. The van der Waals surface area contributed by atoms with Gasteiger partial charge in [-0.05, 0) is 63.0 Å². The average Bonchev–Trinajstić information content (AvgIpc) is 2.52. The van der Waals surface area contributed by atoms with Gasteiger partial charge in [0.05, 0.1) is 0 Å². The van der Waals surface area contributed by atoms with E-state index in [1.165, 1.54) is 38.4 Å². The Balaban J connectivity index is 0.00000264. The fraction of sp³-hybridized carbons (Fsp3) is 0.588. The highest BCUT2D eigenvalue weighted by Crippen LogP contribution is 2.18. The average molecular weight is 434 g/mol. The molecule has 6 heteroatoms. The van der Waals surface area contributed by atoms with Crippen LogP contribution in [0.4, 0.5) is 4.39 Å². The van der Waals surface area contributed by atoms with Gasteiger partial charge in [0.25, 0.3) is 0 Å². The molecule has 4 nitrogen and oxygen atoms in total. The molecule has 0 spiro atoms. The number of aliphatic imine (C=N–C) groups is 1. The van der Waals surface area contributed by atoms with E-state index < -0.39 is 0 Å². The predicted octanol–water partition coefficient (Wildman–Crippen LogP) is 2.84. The summed E-state index contributed by atoms with van der Waals surface area (Å²) in [6.07, 6.45) is 3.75. The third-order valence-corrected chi connectivity index (χ3v) is 4.26. The number of piperidine rings is 1. The zero-order chi connectivity index (χ0) is 15.8. The van der Waals surface area contributed by atoms with Crippen molar-refractivity contribution in [2.45, 2.75) is 25.8 Å². The lowest BCUT2D eigenvalue weighted by atomic mass is 9.94. The SMILES string of the molecule is CN=C(NCCC1CCN(C)CC1)NCc1cccc(F)c1.I. The Labute approximate surface area is 156 Å². The van der Waals surface area contributed by atoms with Crippen molar-refractivity contribution in [1.29, 1.82) is 0 Å². The van der Waals surface area contributed by atoms with E-state index >= 15 is 0 Å². The summed E-state index contributed by atoms with van der Waals surface area (Å²) in [6, 6.07) is 6.63. The second-order valence-electron chi connectivity index (χ2n) is 6.02. The van der Waals surface area contributed by atoms with E-state index in [2.05, 4.69) is 27.6 Å². The maximum absolute atomic E-state index is 13.1. The minimum Gasteiger partial charge on any atom is -0.356 e. The maximum atomic E-state index is 13.1. The van der Waals surface area contributed by atoms with Gasteiger partial charge in [0, 0.05) is 20.1 Å². The van der Waals surface area contributed by atoms with Gasteiger partial charge < -0.3 is 15.5 Å². The summed E-state index contributed by atoms with van der Waals surface area (Å²) in [5.41, 5.74) is 0.915. The Hall–Kier alpha value is -0.890. The highest BCUT2D eigenvalue weighted by Gasteiger charge is 2.16. The van der Waals surface area contributed by atoms with Gasteiger partial charge in [-0.2, -0.15) is 0 Å². The first-order chi connectivity index (χ1) is 10.7. The first kappa shape index (κ1) is 20.2. The Morgan fingerprint density at radius 1 is 1.30 bits per heavy atom. The van der Waals surface area contributed by atoms with Gasteiger partial charge in [0.1, 0.15) is 5.82 Å². The molecule has 2 rings (SSSR count). The molecule has 130 valence electrons. The molecule has 0 aromatic heterocycles. The number of nitrogens with zero attached hydrogens (tertiary/aromatic N) is 2. The highest BCUT2D eigenvalue weighted by molar-refractivity contribution is 14.0. The molecule has 0 atom stereocenters. The van der Waals surface area contributed by atoms with Crippen LogP contribution in [0.25, 0.3) is 0 Å². The van der Waals surface area contributed by atoms with Crippen molar-refractivity contribution in [1.82, 2.24) is 15.5 Å². The molecule has 0 radical (unpaired) electrons. The molecule has 23 heavy (non-hydrogen) atoms. The third-order valence-electron chi connectivity index (χ3n) is 4.26. The zero-order valence-electron chi connectivity index (χ0n) is 14.0. The molecule has 1 fully saturated rings. The lowest BCUT2D eigenvalue weighted by Gasteiger charge is -2.29. The van der Waals surface area contributed by atoms with E-state index in [4.69, 9.17) is 0 Å². The standard InChI is InChI=1S/C17H27FN4.HI/c1-19-17(21-13-15-4-3-5-16(18)12-15)20-9-6-14-7-10-22(2)11-8-14;/h3-5,12,14H,6-11,13H2,1-2H3,(H2,19,20,21);1H. The number of nitrogens with one attached hydrogen (secondary N) is 2. The minimum absolute atomic E-state index is 0. The topological polar surface area (TPSA) is 39.7 Å². The van der Waals surface area contributed by atoms with E-state index in [0.29, 0.717) is 6.54 Å². The monoisotopic (exact) mass is 434 g/mol. The molecule has 1 aliphatic rings. The molecule has 1 aromatic rings. The van der Waals surface area contributed by atoms with Gasteiger partial charge >= 0.3 is 0 Å². The summed E-state index contributed by atoms with van der Waals surface area (Å²) >= 11 is 0. The van der Waals surface area contributed by atoms with Crippen LogP contribution in [0.2, 0.25) is 0 Å². The number of halogens is 2.